The first-order valence-corrected chi connectivity index (χ1v) is 6.59. The topological polar surface area (TPSA) is 75.4 Å². The Hall–Kier alpha value is -1.17. The van der Waals surface area contributed by atoms with Crippen molar-refractivity contribution < 1.29 is 9.59 Å². The van der Waals surface area contributed by atoms with Crippen molar-refractivity contribution in [3.8, 4) is 0 Å². The van der Waals surface area contributed by atoms with Crippen LogP contribution in [0.5, 0.6) is 0 Å². The summed E-state index contributed by atoms with van der Waals surface area (Å²) in [6.07, 6.45) is 4.38. The molecule has 0 radical (unpaired) electrons. The third-order valence-electron chi connectivity index (χ3n) is 3.51. The lowest BCUT2D eigenvalue weighted by molar-refractivity contribution is -0.134. The van der Waals surface area contributed by atoms with E-state index < -0.39 is 5.41 Å². The molecule has 0 aromatic carbocycles. The molecule has 1 aliphatic rings. The van der Waals surface area contributed by atoms with Crippen LogP contribution in [0.4, 0.5) is 0 Å². The Morgan fingerprint density at radius 3 is 2.28 bits per heavy atom. The third kappa shape index (κ3) is 3.19. The van der Waals surface area contributed by atoms with Gasteiger partial charge in [-0.2, -0.15) is 0 Å². The second-order valence-electron chi connectivity index (χ2n) is 4.98. The van der Waals surface area contributed by atoms with Crippen LogP contribution in [0.1, 0.15) is 32.1 Å². The van der Waals surface area contributed by atoms with Gasteiger partial charge in [-0.25, -0.2) is 0 Å². The summed E-state index contributed by atoms with van der Waals surface area (Å²) in [5.41, 5.74) is 4.99. The normalized spacial score (nSPS) is 17.9. The molecule has 0 aromatic heterocycles. The highest BCUT2D eigenvalue weighted by Crippen LogP contribution is 2.36. The largest absolute Gasteiger partial charge is 0.392 e. The molecule has 0 saturated heterocycles. The van der Waals surface area contributed by atoms with Crippen LogP contribution in [-0.2, 0) is 9.59 Å². The molecule has 102 valence electrons. The first-order chi connectivity index (χ1) is 8.40. The summed E-state index contributed by atoms with van der Waals surface area (Å²) in [5, 5.41) is 2.66. The number of hydrogen-bond acceptors (Lipinski definition) is 3. The van der Waals surface area contributed by atoms with Crippen molar-refractivity contribution in [2.75, 3.05) is 20.6 Å². The number of rotatable bonds is 4. The monoisotopic (exact) mass is 271 g/mol. The number of thiocarbonyl (C=S) groups is 1. The molecule has 3 N–H and O–H groups in total. The van der Waals surface area contributed by atoms with Crippen molar-refractivity contribution in [2.24, 2.45) is 11.1 Å². The number of nitrogens with two attached hydrogens (primary N) is 1. The van der Waals surface area contributed by atoms with Crippen molar-refractivity contribution >= 4 is 29.0 Å². The lowest BCUT2D eigenvalue weighted by Crippen LogP contribution is -2.51. The molecule has 1 rings (SSSR count). The fourth-order valence-electron chi connectivity index (χ4n) is 2.22. The zero-order chi connectivity index (χ0) is 13.8. The zero-order valence-electron chi connectivity index (χ0n) is 11.0. The van der Waals surface area contributed by atoms with Crippen molar-refractivity contribution in [1.29, 1.82) is 0 Å². The van der Waals surface area contributed by atoms with Crippen LogP contribution in [0.25, 0.3) is 0 Å². The van der Waals surface area contributed by atoms with Crippen LogP contribution in [0.15, 0.2) is 0 Å². The first-order valence-electron chi connectivity index (χ1n) is 6.18. The number of amides is 2. The molecule has 18 heavy (non-hydrogen) atoms. The van der Waals surface area contributed by atoms with Crippen LogP contribution in [0.2, 0.25) is 0 Å². The van der Waals surface area contributed by atoms with E-state index in [1.165, 1.54) is 4.90 Å². The molecule has 1 aliphatic carbocycles. The molecular weight excluding hydrogens is 250 g/mol. The number of nitrogens with one attached hydrogen (secondary N) is 1. The fraction of sp³-hybridized carbons (Fsp3) is 0.750. The van der Waals surface area contributed by atoms with E-state index in [1.807, 2.05) is 0 Å². The molecule has 1 fully saturated rings. The second kappa shape index (κ2) is 6.13. The molecule has 0 spiro atoms. The fourth-order valence-corrected chi connectivity index (χ4v) is 2.52. The Morgan fingerprint density at radius 2 is 1.83 bits per heavy atom. The van der Waals surface area contributed by atoms with E-state index in [1.54, 1.807) is 14.1 Å². The van der Waals surface area contributed by atoms with Crippen molar-refractivity contribution in [3.63, 3.8) is 0 Å². The Balaban J connectivity index is 2.66. The van der Waals surface area contributed by atoms with Gasteiger partial charge in [-0.3, -0.25) is 9.59 Å². The Morgan fingerprint density at radius 1 is 1.28 bits per heavy atom. The van der Waals surface area contributed by atoms with Crippen molar-refractivity contribution in [3.05, 3.63) is 0 Å². The summed E-state index contributed by atoms with van der Waals surface area (Å²) in [6.45, 7) is -0.00377. The minimum Gasteiger partial charge on any atom is -0.392 e. The minimum atomic E-state index is -0.750. The first kappa shape index (κ1) is 14.9. The lowest BCUT2D eigenvalue weighted by atomic mass is 9.73. The maximum absolute atomic E-state index is 12.2. The van der Waals surface area contributed by atoms with Gasteiger partial charge in [0.25, 0.3) is 0 Å². The van der Waals surface area contributed by atoms with Gasteiger partial charge in [0.15, 0.2) is 0 Å². The summed E-state index contributed by atoms with van der Waals surface area (Å²) in [7, 11) is 3.30. The summed E-state index contributed by atoms with van der Waals surface area (Å²) < 4.78 is 0. The van der Waals surface area contributed by atoms with Gasteiger partial charge in [0.05, 0.1) is 16.9 Å². The Bertz CT molecular complexity index is 349. The summed E-state index contributed by atoms with van der Waals surface area (Å²) >= 11 is 5.06. The van der Waals surface area contributed by atoms with E-state index in [9.17, 15) is 9.59 Å². The van der Waals surface area contributed by atoms with Crippen LogP contribution in [0.3, 0.4) is 0 Å². The minimum absolute atomic E-state index is 0.00377. The smallest absolute Gasteiger partial charge is 0.241 e. The number of nitrogens with zero attached hydrogens (tertiary/aromatic N) is 1. The number of carbonyl (C=O) groups is 2. The SMILES string of the molecule is CN(C)C(=O)CNC(=O)C1(C(N)=S)CCCCC1. The van der Waals surface area contributed by atoms with Crippen molar-refractivity contribution in [2.45, 2.75) is 32.1 Å². The summed E-state index contributed by atoms with van der Waals surface area (Å²) in [4.78, 5) is 25.4. The molecule has 0 atom stereocenters. The highest BCUT2D eigenvalue weighted by molar-refractivity contribution is 7.80. The maximum Gasteiger partial charge on any atom is 0.241 e. The molecule has 6 heteroatoms. The number of likely N-dealkylation sites (N-methyl/N-ethyl adjacent to an activating group) is 1. The summed E-state index contributed by atoms with van der Waals surface area (Å²) in [6, 6.07) is 0. The molecule has 0 heterocycles. The standard InChI is InChI=1S/C12H21N3O2S/c1-15(2)9(16)8-14-11(17)12(10(13)18)6-4-3-5-7-12/h3-8H2,1-2H3,(H2,13,18)(H,14,17). The molecule has 5 nitrogen and oxygen atoms in total. The lowest BCUT2D eigenvalue weighted by Gasteiger charge is -2.34. The van der Waals surface area contributed by atoms with E-state index in [0.717, 1.165) is 19.3 Å². The molecule has 0 unspecified atom stereocenters. The highest BCUT2D eigenvalue weighted by Gasteiger charge is 2.42. The van der Waals surface area contributed by atoms with E-state index in [0.29, 0.717) is 12.8 Å². The average Bonchev–Trinajstić information content (AvgIpc) is 2.35. The van der Waals surface area contributed by atoms with Gasteiger partial charge in [-0.05, 0) is 12.8 Å². The maximum atomic E-state index is 12.2. The van der Waals surface area contributed by atoms with Gasteiger partial charge in [0, 0.05) is 14.1 Å². The zero-order valence-corrected chi connectivity index (χ0v) is 11.8. The van der Waals surface area contributed by atoms with E-state index >= 15 is 0 Å². The molecule has 0 aromatic rings. The highest BCUT2D eigenvalue weighted by atomic mass is 32.1. The van der Waals surface area contributed by atoms with Crippen LogP contribution in [0, 0.1) is 5.41 Å². The Kier molecular flexibility index (Phi) is 5.07. The average molecular weight is 271 g/mol. The third-order valence-corrected chi connectivity index (χ3v) is 3.90. The van der Waals surface area contributed by atoms with Crippen LogP contribution < -0.4 is 11.1 Å². The molecular formula is C12H21N3O2S. The van der Waals surface area contributed by atoms with E-state index in [-0.39, 0.29) is 23.3 Å². The number of hydrogen-bond donors (Lipinski definition) is 2. The van der Waals surface area contributed by atoms with Crippen LogP contribution >= 0.6 is 12.2 Å². The van der Waals surface area contributed by atoms with Gasteiger partial charge >= 0.3 is 0 Å². The summed E-state index contributed by atoms with van der Waals surface area (Å²) in [5.74, 6) is -0.345. The Labute approximate surface area is 113 Å². The number of carbonyl (C=O) groups excluding carboxylic acids is 2. The van der Waals surface area contributed by atoms with Gasteiger partial charge in [0.2, 0.25) is 11.8 Å². The van der Waals surface area contributed by atoms with Crippen molar-refractivity contribution in [1.82, 2.24) is 10.2 Å². The van der Waals surface area contributed by atoms with Crippen LogP contribution in [-0.4, -0.2) is 42.3 Å². The van der Waals surface area contributed by atoms with Gasteiger partial charge in [-0.15, -0.1) is 0 Å². The van der Waals surface area contributed by atoms with E-state index in [4.69, 9.17) is 18.0 Å². The predicted molar refractivity (Wildman–Crippen MR) is 74.0 cm³/mol. The van der Waals surface area contributed by atoms with Gasteiger partial charge in [0.1, 0.15) is 0 Å². The van der Waals surface area contributed by atoms with Gasteiger partial charge in [-0.1, -0.05) is 31.5 Å². The molecule has 0 aliphatic heterocycles. The van der Waals surface area contributed by atoms with Gasteiger partial charge < -0.3 is 16.0 Å². The predicted octanol–water partition coefficient (Wildman–Crippen LogP) is 0.427. The molecule has 1 saturated carbocycles. The second-order valence-corrected chi connectivity index (χ2v) is 5.42. The molecule has 2 amide bonds. The molecule has 0 bridgehead atoms. The quantitative estimate of drug-likeness (QED) is 0.727. The van der Waals surface area contributed by atoms with E-state index in [2.05, 4.69) is 5.32 Å².